The number of hydrogen-bond acceptors (Lipinski definition) is 4. The summed E-state index contributed by atoms with van der Waals surface area (Å²) in [5, 5.41) is 0. The van der Waals surface area contributed by atoms with Crippen molar-refractivity contribution in [2.24, 2.45) is 0 Å². The lowest BCUT2D eigenvalue weighted by Crippen LogP contribution is -2.37. The number of nitrogens with zero attached hydrogens (tertiary/aromatic N) is 4. The van der Waals surface area contributed by atoms with Crippen LogP contribution in [0.1, 0.15) is 49.0 Å². The van der Waals surface area contributed by atoms with E-state index in [9.17, 15) is 4.79 Å². The highest BCUT2D eigenvalue weighted by Crippen LogP contribution is 2.17. The smallest absolute Gasteiger partial charge is 0.272 e. The molecule has 20 heavy (non-hydrogen) atoms. The third kappa shape index (κ3) is 2.92. The second-order valence-corrected chi connectivity index (χ2v) is 5.64. The quantitative estimate of drug-likeness (QED) is 0.828. The van der Waals surface area contributed by atoms with E-state index in [2.05, 4.69) is 14.9 Å². The van der Waals surface area contributed by atoms with Gasteiger partial charge in [-0.25, -0.2) is 9.97 Å². The van der Waals surface area contributed by atoms with Gasteiger partial charge in [0.1, 0.15) is 5.69 Å². The summed E-state index contributed by atoms with van der Waals surface area (Å²) in [6.45, 7) is 3.73. The number of aromatic nitrogens is 2. The van der Waals surface area contributed by atoms with E-state index in [0.29, 0.717) is 11.6 Å². The van der Waals surface area contributed by atoms with E-state index in [1.54, 1.807) is 12.3 Å². The van der Waals surface area contributed by atoms with Crippen molar-refractivity contribution in [2.75, 3.05) is 31.1 Å². The molecule has 5 nitrogen and oxygen atoms in total. The minimum Gasteiger partial charge on any atom is -0.341 e. The van der Waals surface area contributed by atoms with E-state index >= 15 is 0 Å². The molecule has 0 unspecified atom stereocenters. The molecule has 5 heteroatoms. The molecule has 2 saturated heterocycles. The van der Waals surface area contributed by atoms with Crippen LogP contribution in [0.3, 0.4) is 0 Å². The zero-order chi connectivity index (χ0) is 13.8. The molecular weight excluding hydrogens is 252 g/mol. The van der Waals surface area contributed by atoms with Crippen molar-refractivity contribution >= 4 is 11.9 Å². The number of amides is 1. The molecule has 0 radical (unpaired) electrons. The Morgan fingerprint density at radius 1 is 0.950 bits per heavy atom. The molecule has 1 amide bonds. The zero-order valence-electron chi connectivity index (χ0n) is 11.9. The van der Waals surface area contributed by atoms with Gasteiger partial charge >= 0.3 is 0 Å². The summed E-state index contributed by atoms with van der Waals surface area (Å²) in [6, 6.07) is 1.74. The number of carbonyl (C=O) groups is 1. The highest BCUT2D eigenvalue weighted by molar-refractivity contribution is 5.92. The third-order valence-electron chi connectivity index (χ3n) is 4.14. The van der Waals surface area contributed by atoms with Gasteiger partial charge in [-0.15, -0.1) is 0 Å². The highest BCUT2D eigenvalue weighted by Gasteiger charge is 2.21. The Kier molecular flexibility index (Phi) is 4.14. The third-order valence-corrected chi connectivity index (χ3v) is 4.14. The van der Waals surface area contributed by atoms with Crippen LogP contribution in [0.25, 0.3) is 0 Å². The Labute approximate surface area is 120 Å². The van der Waals surface area contributed by atoms with Gasteiger partial charge in [0.05, 0.1) is 0 Å². The maximum Gasteiger partial charge on any atom is 0.272 e. The van der Waals surface area contributed by atoms with E-state index in [1.807, 2.05) is 4.90 Å². The van der Waals surface area contributed by atoms with Crippen LogP contribution in [0, 0.1) is 0 Å². The maximum absolute atomic E-state index is 12.5. The van der Waals surface area contributed by atoms with Crippen LogP contribution in [0.2, 0.25) is 0 Å². The summed E-state index contributed by atoms with van der Waals surface area (Å²) in [5.41, 5.74) is 0.544. The predicted molar refractivity (Wildman–Crippen MR) is 77.9 cm³/mol. The van der Waals surface area contributed by atoms with Crippen molar-refractivity contribution in [1.82, 2.24) is 14.9 Å². The number of likely N-dealkylation sites (tertiary alicyclic amines) is 1. The first-order valence-electron chi connectivity index (χ1n) is 7.72. The molecule has 1 aromatic rings. The molecule has 2 aliphatic heterocycles. The minimum absolute atomic E-state index is 0.0605. The van der Waals surface area contributed by atoms with E-state index in [1.165, 1.54) is 25.7 Å². The summed E-state index contributed by atoms with van der Waals surface area (Å²) in [4.78, 5) is 25.4. The van der Waals surface area contributed by atoms with Gasteiger partial charge in [0.15, 0.2) is 0 Å². The molecule has 2 fully saturated rings. The van der Waals surface area contributed by atoms with Crippen LogP contribution in [-0.2, 0) is 0 Å². The van der Waals surface area contributed by atoms with Gasteiger partial charge < -0.3 is 9.80 Å². The number of hydrogen-bond donors (Lipinski definition) is 0. The molecular formula is C15H22N4O. The van der Waals surface area contributed by atoms with E-state index in [4.69, 9.17) is 0 Å². The van der Waals surface area contributed by atoms with Gasteiger partial charge in [-0.1, -0.05) is 0 Å². The second kappa shape index (κ2) is 6.20. The van der Waals surface area contributed by atoms with Crippen LogP contribution in [0.4, 0.5) is 5.95 Å². The van der Waals surface area contributed by atoms with Gasteiger partial charge in [-0.3, -0.25) is 4.79 Å². The summed E-state index contributed by atoms with van der Waals surface area (Å²) in [6.07, 6.45) is 8.82. The minimum atomic E-state index is 0.0605. The molecule has 0 aliphatic carbocycles. The van der Waals surface area contributed by atoms with Gasteiger partial charge in [0, 0.05) is 32.4 Å². The van der Waals surface area contributed by atoms with Crippen molar-refractivity contribution in [3.8, 4) is 0 Å². The Hall–Kier alpha value is -1.65. The first-order valence-corrected chi connectivity index (χ1v) is 7.72. The van der Waals surface area contributed by atoms with Crippen molar-refractivity contribution < 1.29 is 4.79 Å². The monoisotopic (exact) mass is 274 g/mol. The zero-order valence-corrected chi connectivity index (χ0v) is 11.9. The van der Waals surface area contributed by atoms with E-state index < -0.39 is 0 Å². The summed E-state index contributed by atoms with van der Waals surface area (Å²) in [7, 11) is 0. The Morgan fingerprint density at radius 3 is 2.30 bits per heavy atom. The first kappa shape index (κ1) is 13.3. The van der Waals surface area contributed by atoms with Crippen molar-refractivity contribution in [1.29, 1.82) is 0 Å². The number of carbonyl (C=O) groups excluding carboxylic acids is 1. The molecule has 0 bridgehead atoms. The van der Waals surface area contributed by atoms with Crippen molar-refractivity contribution in [3.63, 3.8) is 0 Å². The molecule has 0 spiro atoms. The SMILES string of the molecule is O=C(c1ccnc(N2CCCCC2)n1)N1CCCCC1. The van der Waals surface area contributed by atoms with Gasteiger partial charge in [0.2, 0.25) is 5.95 Å². The van der Waals surface area contributed by atoms with E-state index in [0.717, 1.165) is 39.0 Å². The molecule has 0 saturated carbocycles. The topological polar surface area (TPSA) is 49.3 Å². The summed E-state index contributed by atoms with van der Waals surface area (Å²) < 4.78 is 0. The average Bonchev–Trinajstić information content (AvgIpc) is 2.56. The summed E-state index contributed by atoms with van der Waals surface area (Å²) in [5.74, 6) is 0.776. The van der Waals surface area contributed by atoms with Gasteiger partial charge in [0.25, 0.3) is 5.91 Å². The van der Waals surface area contributed by atoms with Gasteiger partial charge in [-0.05, 0) is 44.6 Å². The van der Waals surface area contributed by atoms with Crippen LogP contribution in [0.15, 0.2) is 12.3 Å². The number of piperidine rings is 2. The number of anilines is 1. The van der Waals surface area contributed by atoms with Gasteiger partial charge in [-0.2, -0.15) is 0 Å². The second-order valence-electron chi connectivity index (χ2n) is 5.64. The molecule has 0 aromatic carbocycles. The normalized spacial score (nSPS) is 20.0. The first-order chi connectivity index (χ1) is 9.84. The lowest BCUT2D eigenvalue weighted by atomic mass is 10.1. The molecule has 108 valence electrons. The van der Waals surface area contributed by atoms with Crippen LogP contribution < -0.4 is 4.90 Å². The predicted octanol–water partition coefficient (Wildman–Crippen LogP) is 2.09. The fourth-order valence-corrected chi connectivity index (χ4v) is 2.97. The molecule has 0 N–H and O–H groups in total. The highest BCUT2D eigenvalue weighted by atomic mass is 16.2. The van der Waals surface area contributed by atoms with Crippen molar-refractivity contribution in [2.45, 2.75) is 38.5 Å². The van der Waals surface area contributed by atoms with Crippen molar-refractivity contribution in [3.05, 3.63) is 18.0 Å². The molecule has 0 atom stereocenters. The lowest BCUT2D eigenvalue weighted by Gasteiger charge is -2.28. The molecule has 3 heterocycles. The Balaban J connectivity index is 1.74. The molecule has 3 rings (SSSR count). The molecule has 2 aliphatic rings. The largest absolute Gasteiger partial charge is 0.341 e. The summed E-state index contributed by atoms with van der Waals surface area (Å²) >= 11 is 0. The van der Waals surface area contributed by atoms with Crippen LogP contribution >= 0.6 is 0 Å². The standard InChI is InChI=1S/C15H22N4O/c20-14(18-9-3-1-4-10-18)13-7-8-16-15(17-13)19-11-5-2-6-12-19/h7-8H,1-6,9-12H2. The lowest BCUT2D eigenvalue weighted by molar-refractivity contribution is 0.0718. The average molecular weight is 274 g/mol. The van der Waals surface area contributed by atoms with Crippen LogP contribution in [-0.4, -0.2) is 47.0 Å². The fraction of sp³-hybridized carbons (Fsp3) is 0.667. The maximum atomic E-state index is 12.5. The van der Waals surface area contributed by atoms with E-state index in [-0.39, 0.29) is 5.91 Å². The Bertz CT molecular complexity index is 465. The molecule has 1 aromatic heterocycles. The fourth-order valence-electron chi connectivity index (χ4n) is 2.97. The Morgan fingerprint density at radius 2 is 1.60 bits per heavy atom. The van der Waals surface area contributed by atoms with Crippen LogP contribution in [0.5, 0.6) is 0 Å². The number of rotatable bonds is 2.